The van der Waals surface area contributed by atoms with Crippen LogP contribution < -0.4 is 0 Å². The topological polar surface area (TPSA) is 0 Å². The molecule has 2 atom stereocenters. The zero-order valence-corrected chi connectivity index (χ0v) is 22.5. The summed E-state index contributed by atoms with van der Waals surface area (Å²) in [4.78, 5) is 0. The van der Waals surface area contributed by atoms with Gasteiger partial charge in [0.15, 0.2) is 0 Å². The highest BCUT2D eigenvalue weighted by molar-refractivity contribution is 7.08. The molecule has 2 bridgehead atoms. The van der Waals surface area contributed by atoms with Gasteiger partial charge in [-0.3, -0.25) is 0 Å². The summed E-state index contributed by atoms with van der Waals surface area (Å²) >= 11 is 1.85. The Hall–Kier alpha value is -1.08. The number of fused-ring (bicyclic) bond motifs is 2. The van der Waals surface area contributed by atoms with Gasteiger partial charge in [0.05, 0.1) is 0 Å². The van der Waals surface area contributed by atoms with Crippen molar-refractivity contribution in [1.82, 2.24) is 0 Å². The van der Waals surface area contributed by atoms with Crippen molar-refractivity contribution in [3.05, 3.63) is 57.3 Å². The van der Waals surface area contributed by atoms with Gasteiger partial charge in [0.25, 0.3) is 0 Å². The van der Waals surface area contributed by atoms with E-state index in [1.54, 1.807) is 5.56 Å². The number of hydrogen-bond acceptors (Lipinski definition) is 1. The lowest BCUT2D eigenvalue weighted by molar-refractivity contribution is 0.217. The summed E-state index contributed by atoms with van der Waals surface area (Å²) < 4.78 is 0. The predicted octanol–water partition coefficient (Wildman–Crippen LogP) is 9.45. The van der Waals surface area contributed by atoms with E-state index in [1.165, 1.54) is 48.8 Å². The second-order valence-corrected chi connectivity index (χ2v) is 14.0. The number of thiophene rings is 1. The minimum absolute atomic E-state index is 0.163. The van der Waals surface area contributed by atoms with Crippen molar-refractivity contribution in [3.8, 4) is 0 Å². The predicted molar refractivity (Wildman–Crippen MR) is 140 cm³/mol. The first-order valence-corrected chi connectivity index (χ1v) is 13.3. The van der Waals surface area contributed by atoms with Crippen molar-refractivity contribution >= 4 is 11.3 Å². The van der Waals surface area contributed by atoms with Gasteiger partial charge in [-0.15, -0.1) is 0 Å². The first kappa shape index (κ1) is 24.6. The van der Waals surface area contributed by atoms with Gasteiger partial charge in [0, 0.05) is 0 Å². The lowest BCUT2D eigenvalue weighted by Gasteiger charge is -2.34. The van der Waals surface area contributed by atoms with Gasteiger partial charge in [-0.05, 0) is 105 Å². The molecule has 0 N–H and O–H groups in total. The monoisotopic (exact) mass is 438 g/mol. The van der Waals surface area contributed by atoms with Crippen LogP contribution in [0.3, 0.4) is 0 Å². The van der Waals surface area contributed by atoms with Crippen molar-refractivity contribution in [1.29, 1.82) is 0 Å². The fourth-order valence-corrected chi connectivity index (χ4v) is 6.58. The lowest BCUT2D eigenvalue weighted by atomic mass is 9.70. The lowest BCUT2D eigenvalue weighted by Crippen LogP contribution is -2.28. The summed E-state index contributed by atoms with van der Waals surface area (Å²) in [6.07, 6.45) is 7.58. The molecule has 0 aliphatic heterocycles. The van der Waals surface area contributed by atoms with Crippen molar-refractivity contribution in [2.45, 2.75) is 117 Å². The standard InChI is InChI=1S/C30H46S/c1-22-12-14-30(9,25-13-17-31-21-25)20-23-18-24(10-11-26(23)27(2,3)4)29(7,8)16-15-28(5,6)19-22/h10-11,13,17-18,21-22H,12,14-16,19-20H2,1-9H3/t22?,30-/m1/s1. The number of rotatable bonds is 1. The molecule has 1 heterocycles. The molecule has 31 heavy (non-hydrogen) atoms. The molecular weight excluding hydrogens is 392 g/mol. The van der Waals surface area contributed by atoms with Crippen LogP contribution in [0.5, 0.6) is 0 Å². The van der Waals surface area contributed by atoms with E-state index in [9.17, 15) is 0 Å². The average Bonchev–Trinajstić information content (AvgIpc) is 3.19. The van der Waals surface area contributed by atoms with Gasteiger partial charge >= 0.3 is 0 Å². The molecule has 1 heteroatoms. The highest BCUT2D eigenvalue weighted by Crippen LogP contribution is 2.43. The van der Waals surface area contributed by atoms with E-state index in [0.717, 1.165) is 12.3 Å². The Bertz CT molecular complexity index is 862. The molecule has 1 aliphatic rings. The van der Waals surface area contributed by atoms with Gasteiger partial charge in [0.1, 0.15) is 0 Å². The largest absolute Gasteiger partial charge is 0.152 e. The molecule has 0 saturated carbocycles. The summed E-state index contributed by atoms with van der Waals surface area (Å²) in [6, 6.07) is 9.84. The summed E-state index contributed by atoms with van der Waals surface area (Å²) in [5.41, 5.74) is 7.10. The molecule has 1 aliphatic carbocycles. The van der Waals surface area contributed by atoms with Crippen LogP contribution in [-0.4, -0.2) is 0 Å². The van der Waals surface area contributed by atoms with E-state index >= 15 is 0 Å². The molecule has 0 spiro atoms. The molecule has 2 aromatic rings. The van der Waals surface area contributed by atoms with Crippen LogP contribution in [0.1, 0.15) is 117 Å². The molecule has 0 nitrogen and oxygen atoms in total. The summed E-state index contributed by atoms with van der Waals surface area (Å²) in [7, 11) is 0. The smallest absolute Gasteiger partial charge is 0.00265 e. The molecule has 0 amide bonds. The van der Waals surface area contributed by atoms with Crippen LogP contribution in [0, 0.1) is 11.3 Å². The van der Waals surface area contributed by atoms with Gasteiger partial charge in [0.2, 0.25) is 0 Å². The highest BCUT2D eigenvalue weighted by atomic mass is 32.1. The first-order valence-electron chi connectivity index (χ1n) is 12.4. The van der Waals surface area contributed by atoms with Crippen LogP contribution in [0.2, 0.25) is 0 Å². The summed E-state index contributed by atoms with van der Waals surface area (Å²) in [5.74, 6) is 0.766. The van der Waals surface area contributed by atoms with Gasteiger partial charge in [-0.25, -0.2) is 0 Å². The molecular formula is C30H46S. The summed E-state index contributed by atoms with van der Waals surface area (Å²) in [5, 5.41) is 4.66. The Morgan fingerprint density at radius 2 is 1.61 bits per heavy atom. The maximum atomic E-state index is 2.58. The Morgan fingerprint density at radius 3 is 2.23 bits per heavy atom. The van der Waals surface area contributed by atoms with Crippen molar-refractivity contribution in [2.75, 3.05) is 0 Å². The van der Waals surface area contributed by atoms with Gasteiger partial charge in [-0.1, -0.05) is 80.5 Å². The van der Waals surface area contributed by atoms with E-state index in [4.69, 9.17) is 0 Å². The fourth-order valence-electron chi connectivity index (χ4n) is 5.76. The van der Waals surface area contributed by atoms with E-state index in [2.05, 4.69) is 97.3 Å². The SMILES string of the molecule is CC1CC[C@@](C)(c2ccsc2)Cc2cc(ccc2C(C)(C)C)C(C)(C)CCC(C)(C)C1. The molecule has 0 saturated heterocycles. The summed E-state index contributed by atoms with van der Waals surface area (Å²) in [6.45, 7) is 22.0. The molecule has 0 fully saturated rings. The number of hydrogen-bond donors (Lipinski definition) is 0. The minimum atomic E-state index is 0.163. The van der Waals surface area contributed by atoms with E-state index in [1.807, 2.05) is 11.3 Å². The van der Waals surface area contributed by atoms with E-state index < -0.39 is 0 Å². The van der Waals surface area contributed by atoms with Gasteiger partial charge < -0.3 is 0 Å². The Kier molecular flexibility index (Phi) is 6.89. The maximum Gasteiger partial charge on any atom is -0.00265 e. The third kappa shape index (κ3) is 5.84. The van der Waals surface area contributed by atoms with Crippen LogP contribution >= 0.6 is 11.3 Å². The first-order chi connectivity index (χ1) is 14.2. The van der Waals surface area contributed by atoms with Crippen LogP contribution in [0.4, 0.5) is 0 Å². The molecule has 1 aromatic heterocycles. The molecule has 3 rings (SSSR count). The highest BCUT2D eigenvalue weighted by Gasteiger charge is 2.34. The quantitative estimate of drug-likeness (QED) is 0.416. The Morgan fingerprint density at radius 1 is 0.903 bits per heavy atom. The maximum absolute atomic E-state index is 2.58. The minimum Gasteiger partial charge on any atom is -0.152 e. The van der Waals surface area contributed by atoms with Gasteiger partial charge in [-0.2, -0.15) is 11.3 Å². The van der Waals surface area contributed by atoms with Crippen molar-refractivity contribution in [3.63, 3.8) is 0 Å². The molecule has 0 radical (unpaired) electrons. The fraction of sp³-hybridized carbons (Fsp3) is 0.667. The molecule has 1 aromatic carbocycles. The second-order valence-electron chi connectivity index (χ2n) is 13.3. The third-order valence-electron chi connectivity index (χ3n) is 8.01. The molecule has 172 valence electrons. The average molecular weight is 439 g/mol. The second kappa shape index (κ2) is 8.69. The van der Waals surface area contributed by atoms with Crippen LogP contribution in [-0.2, 0) is 22.7 Å². The Balaban J connectivity index is 2.15. The van der Waals surface area contributed by atoms with Crippen molar-refractivity contribution in [2.24, 2.45) is 11.3 Å². The molecule has 1 unspecified atom stereocenters. The van der Waals surface area contributed by atoms with E-state index in [-0.39, 0.29) is 16.2 Å². The number of benzene rings is 1. The van der Waals surface area contributed by atoms with Crippen molar-refractivity contribution < 1.29 is 0 Å². The van der Waals surface area contributed by atoms with E-state index in [0.29, 0.717) is 5.41 Å². The Labute approximate surface area is 196 Å². The third-order valence-corrected chi connectivity index (χ3v) is 8.69. The van der Waals surface area contributed by atoms with Crippen LogP contribution in [0.25, 0.3) is 0 Å². The zero-order chi connectivity index (χ0) is 23.1. The normalized spacial score (nSPS) is 27.1. The zero-order valence-electron chi connectivity index (χ0n) is 21.7. The van der Waals surface area contributed by atoms with Crippen LogP contribution in [0.15, 0.2) is 35.0 Å².